The van der Waals surface area contributed by atoms with E-state index < -0.39 is 17.9 Å². The summed E-state index contributed by atoms with van der Waals surface area (Å²) in [5, 5.41) is 0. The highest BCUT2D eigenvalue weighted by molar-refractivity contribution is 6.17. The van der Waals surface area contributed by atoms with Gasteiger partial charge in [0, 0.05) is 5.56 Å². The van der Waals surface area contributed by atoms with Crippen LogP contribution in [0.2, 0.25) is 0 Å². The fourth-order valence-corrected chi connectivity index (χ4v) is 1.75. The van der Waals surface area contributed by atoms with Crippen LogP contribution < -0.4 is 0 Å². The Labute approximate surface area is 89.3 Å². The van der Waals surface area contributed by atoms with E-state index in [0.29, 0.717) is 5.56 Å². The number of carbonyl (C=O) groups excluding carboxylic acids is 3. The third-order valence-corrected chi connectivity index (χ3v) is 2.52. The van der Waals surface area contributed by atoms with Gasteiger partial charge in [0.1, 0.15) is 5.76 Å². The molecule has 2 aliphatic rings. The van der Waals surface area contributed by atoms with Crippen molar-refractivity contribution in [2.45, 2.75) is 0 Å². The third kappa shape index (κ3) is 0.916. The maximum atomic E-state index is 11.3. The van der Waals surface area contributed by atoms with Crippen LogP contribution in [0, 0.1) is 0 Å². The van der Waals surface area contributed by atoms with Gasteiger partial charge in [-0.3, -0.25) is 0 Å². The molecule has 5 heteroatoms. The molecule has 0 aromatic heterocycles. The summed E-state index contributed by atoms with van der Waals surface area (Å²) >= 11 is 0. The van der Waals surface area contributed by atoms with Crippen molar-refractivity contribution >= 4 is 23.7 Å². The molecule has 0 spiro atoms. The van der Waals surface area contributed by atoms with Crippen LogP contribution in [-0.4, -0.2) is 17.9 Å². The van der Waals surface area contributed by atoms with Crippen LogP contribution in [-0.2, 0) is 9.47 Å². The highest BCUT2D eigenvalue weighted by Crippen LogP contribution is 2.33. The number of esters is 3. The number of carbonyl (C=O) groups is 3. The molecule has 0 amide bonds. The van der Waals surface area contributed by atoms with Crippen molar-refractivity contribution in [2.24, 2.45) is 0 Å². The zero-order valence-corrected chi connectivity index (χ0v) is 7.90. The topological polar surface area (TPSA) is 69.7 Å². The fourth-order valence-electron chi connectivity index (χ4n) is 1.75. The van der Waals surface area contributed by atoms with Gasteiger partial charge in [0.2, 0.25) is 0 Å². The first-order chi connectivity index (χ1) is 7.58. The van der Waals surface area contributed by atoms with Crippen LogP contribution in [0.4, 0.5) is 0 Å². The van der Waals surface area contributed by atoms with Gasteiger partial charge < -0.3 is 9.47 Å². The smallest absolute Gasteiger partial charge is 0.346 e. The number of cyclic esters (lactones) is 3. The lowest BCUT2D eigenvalue weighted by Gasteiger charge is -1.96. The van der Waals surface area contributed by atoms with E-state index in [0.717, 1.165) is 0 Å². The molecule has 0 fully saturated rings. The summed E-state index contributed by atoms with van der Waals surface area (Å²) in [6.45, 7) is 3.54. The molecule has 0 radical (unpaired) electrons. The second kappa shape index (κ2) is 2.57. The lowest BCUT2D eigenvalue weighted by atomic mass is 10.0. The Morgan fingerprint density at radius 3 is 1.81 bits per heavy atom. The third-order valence-electron chi connectivity index (χ3n) is 2.52. The van der Waals surface area contributed by atoms with Crippen molar-refractivity contribution in [1.82, 2.24) is 0 Å². The van der Waals surface area contributed by atoms with Crippen molar-refractivity contribution in [1.29, 1.82) is 0 Å². The van der Waals surface area contributed by atoms with Crippen molar-refractivity contribution in [3.63, 3.8) is 0 Å². The predicted octanol–water partition coefficient (Wildman–Crippen LogP) is 1.14. The number of ether oxygens (including phenoxy) is 2. The van der Waals surface area contributed by atoms with Gasteiger partial charge in [-0.25, -0.2) is 14.4 Å². The minimum absolute atomic E-state index is 0.0930. The number of hydrogen-bond acceptors (Lipinski definition) is 5. The minimum atomic E-state index is -0.742. The Balaban J connectivity index is 2.33. The monoisotopic (exact) mass is 216 g/mol. The lowest BCUT2D eigenvalue weighted by Crippen LogP contribution is -1.98. The lowest BCUT2D eigenvalue weighted by molar-refractivity contribution is 0.0443. The van der Waals surface area contributed by atoms with Crippen molar-refractivity contribution < 1.29 is 23.9 Å². The highest BCUT2D eigenvalue weighted by Gasteiger charge is 2.35. The molecule has 1 aromatic carbocycles. The summed E-state index contributed by atoms with van der Waals surface area (Å²) in [6, 6.07) is 2.70. The first-order valence-electron chi connectivity index (χ1n) is 4.44. The van der Waals surface area contributed by atoms with E-state index in [4.69, 9.17) is 4.74 Å². The van der Waals surface area contributed by atoms with E-state index in [2.05, 4.69) is 11.3 Å². The van der Waals surface area contributed by atoms with Crippen molar-refractivity contribution in [2.75, 3.05) is 0 Å². The molecule has 2 heterocycles. The maximum absolute atomic E-state index is 11.3. The molecule has 2 aliphatic heterocycles. The van der Waals surface area contributed by atoms with E-state index in [1.54, 1.807) is 0 Å². The quantitative estimate of drug-likeness (QED) is 0.480. The van der Waals surface area contributed by atoms with Crippen LogP contribution in [0.1, 0.15) is 36.6 Å². The maximum Gasteiger partial charge on any atom is 0.346 e. The van der Waals surface area contributed by atoms with Crippen molar-refractivity contribution in [3.8, 4) is 0 Å². The fraction of sp³-hybridized carbons (Fsp3) is 0. The summed E-state index contributed by atoms with van der Waals surface area (Å²) < 4.78 is 9.20. The molecule has 0 saturated heterocycles. The molecule has 1 aromatic rings. The van der Waals surface area contributed by atoms with Crippen molar-refractivity contribution in [3.05, 3.63) is 41.0 Å². The largest absolute Gasteiger partial charge is 0.423 e. The van der Waals surface area contributed by atoms with Gasteiger partial charge in [-0.1, -0.05) is 6.58 Å². The van der Waals surface area contributed by atoms with Crippen LogP contribution in [0.3, 0.4) is 0 Å². The normalized spacial score (nSPS) is 17.0. The zero-order valence-electron chi connectivity index (χ0n) is 7.90. The second-order valence-electron chi connectivity index (χ2n) is 3.43. The van der Waals surface area contributed by atoms with E-state index >= 15 is 0 Å². The number of rotatable bonds is 0. The molecule has 5 nitrogen and oxygen atoms in total. The molecule has 0 bridgehead atoms. The minimum Gasteiger partial charge on any atom is -0.423 e. The summed E-state index contributed by atoms with van der Waals surface area (Å²) in [6.07, 6.45) is 0. The predicted molar refractivity (Wildman–Crippen MR) is 50.6 cm³/mol. The summed E-state index contributed by atoms with van der Waals surface area (Å²) in [4.78, 5) is 33.9. The molecule has 16 heavy (non-hydrogen) atoms. The molecule has 78 valence electrons. The Bertz CT molecular complexity index is 496. The summed E-state index contributed by atoms with van der Waals surface area (Å²) in [5.74, 6) is -1.85. The Hall–Kier alpha value is -2.43. The second-order valence-corrected chi connectivity index (χ2v) is 3.43. The number of hydrogen-bond donors (Lipinski definition) is 0. The Kier molecular flexibility index (Phi) is 1.42. The van der Waals surface area contributed by atoms with Gasteiger partial charge in [0.25, 0.3) is 0 Å². The van der Waals surface area contributed by atoms with E-state index in [-0.39, 0.29) is 22.4 Å². The van der Waals surface area contributed by atoms with Crippen LogP contribution in [0.25, 0.3) is 5.76 Å². The molecule has 0 unspecified atom stereocenters. The van der Waals surface area contributed by atoms with Gasteiger partial charge in [0.05, 0.1) is 16.7 Å². The van der Waals surface area contributed by atoms with Gasteiger partial charge in [-0.15, -0.1) is 0 Å². The molecule has 3 rings (SSSR count). The van der Waals surface area contributed by atoms with Crippen LogP contribution in [0.15, 0.2) is 18.7 Å². The molecule has 0 aliphatic carbocycles. The van der Waals surface area contributed by atoms with E-state index in [1.807, 2.05) is 0 Å². The van der Waals surface area contributed by atoms with Gasteiger partial charge in [0.15, 0.2) is 0 Å². The molecule has 0 N–H and O–H groups in total. The number of fused-ring (bicyclic) bond motifs is 2. The molecule has 0 atom stereocenters. The standard InChI is InChI=1S/C11H4O5/c1-4-5-2-7-8(11(14)16-10(7)13)3-6(5)9(12)15-4/h2-3H,1H2. The highest BCUT2D eigenvalue weighted by atomic mass is 16.6. The summed E-state index contributed by atoms with van der Waals surface area (Å²) in [7, 11) is 0. The molecular weight excluding hydrogens is 212 g/mol. The van der Waals surface area contributed by atoms with E-state index in [1.165, 1.54) is 12.1 Å². The molecular formula is C11H4O5. The number of benzene rings is 1. The zero-order chi connectivity index (χ0) is 11.4. The SMILES string of the molecule is C=C1OC(=O)c2cc3c(cc21)C(=O)OC3=O. The first kappa shape index (κ1) is 8.84. The Morgan fingerprint density at radius 2 is 1.19 bits per heavy atom. The van der Waals surface area contributed by atoms with Gasteiger partial charge in [-0.2, -0.15) is 0 Å². The average Bonchev–Trinajstić information content (AvgIpc) is 2.67. The first-order valence-corrected chi connectivity index (χ1v) is 4.44. The molecule has 0 saturated carbocycles. The average molecular weight is 216 g/mol. The van der Waals surface area contributed by atoms with Crippen LogP contribution in [0.5, 0.6) is 0 Å². The summed E-state index contributed by atoms with van der Waals surface area (Å²) in [5.41, 5.74) is 0.893. The Morgan fingerprint density at radius 1 is 0.750 bits per heavy atom. The van der Waals surface area contributed by atoms with Crippen LogP contribution >= 0.6 is 0 Å². The van der Waals surface area contributed by atoms with E-state index in [9.17, 15) is 14.4 Å². The van der Waals surface area contributed by atoms with Gasteiger partial charge in [-0.05, 0) is 12.1 Å². The van der Waals surface area contributed by atoms with Gasteiger partial charge >= 0.3 is 17.9 Å².